The monoisotopic (exact) mass is 347 g/mol. The Morgan fingerprint density at radius 2 is 1.88 bits per heavy atom. The van der Waals surface area contributed by atoms with Crippen LogP contribution < -0.4 is 20.6 Å². The summed E-state index contributed by atoms with van der Waals surface area (Å²) in [5, 5.41) is 4.16. The lowest BCUT2D eigenvalue weighted by Gasteiger charge is -2.10. The quantitative estimate of drug-likeness (QED) is 0.375. The van der Waals surface area contributed by atoms with Gasteiger partial charge in [0, 0.05) is 5.02 Å². The number of hydrogen-bond donors (Lipinski definition) is 2. The Balaban J connectivity index is 2.15. The summed E-state index contributed by atoms with van der Waals surface area (Å²) >= 11 is 5.78. The number of hydrazone groups is 1. The molecule has 0 aliphatic heterocycles. The highest BCUT2D eigenvalue weighted by Crippen LogP contribution is 2.28. The molecule has 0 spiro atoms. The van der Waals surface area contributed by atoms with Crippen LogP contribution >= 0.6 is 11.6 Å². The van der Waals surface area contributed by atoms with E-state index in [9.17, 15) is 9.59 Å². The summed E-state index contributed by atoms with van der Waals surface area (Å²) in [4.78, 5) is 22.7. The molecular weight excluding hydrogens is 334 g/mol. The standard InChI is InChI=1S/C16H14ClN3O4/c1-23-14-8-10(9-19-20-16(18)22)2-7-13(14)24-15(21)11-3-5-12(17)6-4-11/h2-9H,1H3,(H3,18,20,22)/b19-9+. The Morgan fingerprint density at radius 1 is 1.17 bits per heavy atom. The van der Waals surface area contributed by atoms with Gasteiger partial charge in [0.15, 0.2) is 11.5 Å². The van der Waals surface area contributed by atoms with Crippen molar-refractivity contribution in [1.82, 2.24) is 5.43 Å². The van der Waals surface area contributed by atoms with Crippen LogP contribution in [-0.2, 0) is 0 Å². The number of urea groups is 1. The maximum absolute atomic E-state index is 12.1. The van der Waals surface area contributed by atoms with Gasteiger partial charge in [0.05, 0.1) is 18.9 Å². The number of halogens is 1. The van der Waals surface area contributed by atoms with E-state index < -0.39 is 12.0 Å². The number of carbonyl (C=O) groups excluding carboxylic acids is 2. The predicted octanol–water partition coefficient (Wildman–Crippen LogP) is 2.57. The van der Waals surface area contributed by atoms with Crippen molar-refractivity contribution in [1.29, 1.82) is 0 Å². The molecule has 2 rings (SSSR count). The van der Waals surface area contributed by atoms with Crippen LogP contribution in [-0.4, -0.2) is 25.3 Å². The molecule has 7 nitrogen and oxygen atoms in total. The lowest BCUT2D eigenvalue weighted by Crippen LogP contribution is -2.24. The third-order valence-corrected chi connectivity index (χ3v) is 3.11. The third kappa shape index (κ3) is 4.72. The van der Waals surface area contributed by atoms with Crippen LogP contribution in [0.25, 0.3) is 0 Å². The van der Waals surface area contributed by atoms with Crippen molar-refractivity contribution in [3.8, 4) is 11.5 Å². The van der Waals surface area contributed by atoms with Crippen molar-refractivity contribution in [3.63, 3.8) is 0 Å². The molecule has 124 valence electrons. The Morgan fingerprint density at radius 3 is 2.50 bits per heavy atom. The van der Waals surface area contributed by atoms with E-state index in [0.717, 1.165) is 0 Å². The van der Waals surface area contributed by atoms with Gasteiger partial charge in [-0.3, -0.25) is 0 Å². The lowest BCUT2D eigenvalue weighted by molar-refractivity contribution is 0.0729. The first kappa shape index (κ1) is 17.3. The molecule has 0 aliphatic carbocycles. The number of amides is 2. The van der Waals surface area contributed by atoms with Gasteiger partial charge >= 0.3 is 12.0 Å². The molecule has 2 aromatic carbocycles. The first-order chi connectivity index (χ1) is 11.5. The molecule has 0 fully saturated rings. The largest absolute Gasteiger partial charge is 0.493 e. The third-order valence-electron chi connectivity index (χ3n) is 2.86. The van der Waals surface area contributed by atoms with E-state index in [1.54, 1.807) is 42.5 Å². The van der Waals surface area contributed by atoms with E-state index in [4.69, 9.17) is 26.8 Å². The molecule has 0 unspecified atom stereocenters. The van der Waals surface area contributed by atoms with Crippen molar-refractivity contribution < 1.29 is 19.1 Å². The maximum atomic E-state index is 12.1. The summed E-state index contributed by atoms with van der Waals surface area (Å²) < 4.78 is 10.5. The van der Waals surface area contributed by atoms with Gasteiger partial charge in [-0.15, -0.1) is 0 Å². The Bertz CT molecular complexity index is 775. The molecule has 0 saturated carbocycles. The van der Waals surface area contributed by atoms with Gasteiger partial charge in [-0.05, 0) is 48.0 Å². The van der Waals surface area contributed by atoms with Crippen molar-refractivity contribution >= 4 is 29.8 Å². The van der Waals surface area contributed by atoms with E-state index >= 15 is 0 Å². The van der Waals surface area contributed by atoms with E-state index in [1.165, 1.54) is 13.3 Å². The van der Waals surface area contributed by atoms with Crippen LogP contribution in [0.3, 0.4) is 0 Å². The molecular formula is C16H14ClN3O4. The average molecular weight is 348 g/mol. The van der Waals surface area contributed by atoms with Crippen LogP contribution in [0.4, 0.5) is 4.79 Å². The van der Waals surface area contributed by atoms with Crippen molar-refractivity contribution in [2.24, 2.45) is 10.8 Å². The second-order valence-electron chi connectivity index (χ2n) is 4.54. The summed E-state index contributed by atoms with van der Waals surface area (Å²) in [6.07, 6.45) is 1.37. The number of methoxy groups -OCH3 is 1. The smallest absolute Gasteiger partial charge is 0.343 e. The first-order valence-corrected chi connectivity index (χ1v) is 7.11. The molecule has 2 aromatic rings. The van der Waals surface area contributed by atoms with Gasteiger partial charge < -0.3 is 15.2 Å². The van der Waals surface area contributed by atoms with Crippen LogP contribution in [0.1, 0.15) is 15.9 Å². The minimum absolute atomic E-state index is 0.248. The fourth-order valence-electron chi connectivity index (χ4n) is 1.76. The number of nitrogens with zero attached hydrogens (tertiary/aromatic N) is 1. The molecule has 0 saturated heterocycles. The summed E-state index contributed by atoms with van der Waals surface area (Å²) in [6.45, 7) is 0. The van der Waals surface area contributed by atoms with E-state index in [2.05, 4.69) is 10.5 Å². The molecule has 3 N–H and O–H groups in total. The van der Waals surface area contributed by atoms with Gasteiger partial charge in [0.25, 0.3) is 0 Å². The number of nitrogens with two attached hydrogens (primary N) is 1. The Labute approximate surface area is 143 Å². The minimum atomic E-state index is -0.772. The number of primary amides is 1. The maximum Gasteiger partial charge on any atom is 0.343 e. The molecule has 0 aliphatic rings. The molecule has 0 bridgehead atoms. The van der Waals surface area contributed by atoms with Gasteiger partial charge in [0.2, 0.25) is 0 Å². The summed E-state index contributed by atoms with van der Waals surface area (Å²) in [6, 6.07) is 10.3. The zero-order chi connectivity index (χ0) is 17.5. The van der Waals surface area contributed by atoms with Gasteiger partial charge in [-0.25, -0.2) is 15.0 Å². The van der Waals surface area contributed by atoms with Crippen LogP contribution in [0.2, 0.25) is 5.02 Å². The molecule has 24 heavy (non-hydrogen) atoms. The summed E-state index contributed by atoms with van der Waals surface area (Å²) in [5.74, 6) is 0.0413. The number of ether oxygens (including phenoxy) is 2. The SMILES string of the molecule is COc1cc(/C=N/NC(N)=O)ccc1OC(=O)c1ccc(Cl)cc1. The number of esters is 1. The molecule has 0 radical (unpaired) electrons. The Kier molecular flexibility index (Phi) is 5.75. The average Bonchev–Trinajstić information content (AvgIpc) is 2.56. The normalized spacial score (nSPS) is 10.4. The highest BCUT2D eigenvalue weighted by Gasteiger charge is 2.12. The zero-order valence-electron chi connectivity index (χ0n) is 12.7. The fraction of sp³-hybridized carbons (Fsp3) is 0.0625. The highest BCUT2D eigenvalue weighted by atomic mass is 35.5. The molecule has 8 heteroatoms. The molecule has 0 atom stereocenters. The number of benzene rings is 2. The van der Waals surface area contributed by atoms with E-state index in [-0.39, 0.29) is 5.75 Å². The van der Waals surface area contributed by atoms with Crippen LogP contribution in [0, 0.1) is 0 Å². The number of nitrogens with one attached hydrogen (secondary N) is 1. The second-order valence-corrected chi connectivity index (χ2v) is 4.98. The number of hydrogen-bond acceptors (Lipinski definition) is 5. The first-order valence-electron chi connectivity index (χ1n) is 6.74. The van der Waals surface area contributed by atoms with Crippen molar-refractivity contribution in [2.75, 3.05) is 7.11 Å². The minimum Gasteiger partial charge on any atom is -0.493 e. The highest BCUT2D eigenvalue weighted by molar-refractivity contribution is 6.30. The van der Waals surface area contributed by atoms with Crippen molar-refractivity contribution in [3.05, 3.63) is 58.6 Å². The van der Waals surface area contributed by atoms with E-state index in [1.807, 2.05) is 0 Å². The van der Waals surface area contributed by atoms with Crippen LogP contribution in [0.5, 0.6) is 11.5 Å². The van der Waals surface area contributed by atoms with Gasteiger partial charge in [-0.1, -0.05) is 11.6 Å². The molecule has 0 aromatic heterocycles. The topological polar surface area (TPSA) is 103 Å². The summed E-state index contributed by atoms with van der Waals surface area (Å²) in [5.41, 5.74) is 7.95. The molecule has 0 heterocycles. The molecule has 2 amide bonds. The van der Waals surface area contributed by atoms with E-state index in [0.29, 0.717) is 21.9 Å². The second kappa shape index (κ2) is 7.98. The van der Waals surface area contributed by atoms with Crippen LogP contribution in [0.15, 0.2) is 47.6 Å². The van der Waals surface area contributed by atoms with Gasteiger partial charge in [-0.2, -0.15) is 5.10 Å². The van der Waals surface area contributed by atoms with Gasteiger partial charge in [0.1, 0.15) is 0 Å². The van der Waals surface area contributed by atoms with Crippen molar-refractivity contribution in [2.45, 2.75) is 0 Å². The fourth-order valence-corrected chi connectivity index (χ4v) is 1.89. The predicted molar refractivity (Wildman–Crippen MR) is 89.7 cm³/mol. The lowest BCUT2D eigenvalue weighted by atomic mass is 10.2. The summed E-state index contributed by atoms with van der Waals surface area (Å²) in [7, 11) is 1.44. The number of rotatable bonds is 5. The Hall–Kier alpha value is -3.06. The number of carbonyl (C=O) groups is 2. The zero-order valence-corrected chi connectivity index (χ0v) is 13.4.